The molecule has 1 aromatic carbocycles. The van der Waals surface area contributed by atoms with E-state index in [4.69, 9.17) is 39.5 Å². The van der Waals surface area contributed by atoms with E-state index in [0.29, 0.717) is 5.82 Å². The molecule has 0 saturated heterocycles. The highest BCUT2D eigenvalue weighted by Gasteiger charge is 2.26. The van der Waals surface area contributed by atoms with Crippen molar-refractivity contribution in [2.45, 2.75) is 23.7 Å². The molecule has 0 fully saturated rings. The standard InChI is InChI=1S/C15H14Cl3N3O/c1-10(2)22-12-6-3-11(4-7-12)5-8-13-19-9-20-14(21-13)15(16,17)18/h3-10H,1-2H3/b8-5+. The molecule has 1 aromatic heterocycles. The van der Waals surface area contributed by atoms with Gasteiger partial charge in [0, 0.05) is 0 Å². The summed E-state index contributed by atoms with van der Waals surface area (Å²) in [5, 5.41) is 0. The Bertz CT molecular complexity index is 652. The number of hydrogen-bond donors (Lipinski definition) is 0. The summed E-state index contributed by atoms with van der Waals surface area (Å²) in [5.74, 6) is 1.33. The number of ether oxygens (including phenoxy) is 1. The van der Waals surface area contributed by atoms with Gasteiger partial charge in [0.05, 0.1) is 6.10 Å². The normalized spacial score (nSPS) is 12.1. The molecule has 2 rings (SSSR count). The molecule has 116 valence electrons. The molecule has 4 nitrogen and oxygen atoms in total. The Hall–Kier alpha value is -1.36. The third kappa shape index (κ3) is 5.13. The molecule has 0 aliphatic rings. The Balaban J connectivity index is 2.12. The van der Waals surface area contributed by atoms with Gasteiger partial charge in [0.25, 0.3) is 0 Å². The molecule has 0 spiro atoms. The predicted octanol–water partition coefficient (Wildman–Crippen LogP) is 4.66. The molecule has 0 atom stereocenters. The number of benzene rings is 1. The van der Waals surface area contributed by atoms with Crippen LogP contribution in [0.15, 0.2) is 30.6 Å². The van der Waals surface area contributed by atoms with Crippen LogP contribution in [0.25, 0.3) is 12.2 Å². The summed E-state index contributed by atoms with van der Waals surface area (Å²) in [7, 11) is 0. The maximum Gasteiger partial charge on any atom is 0.250 e. The van der Waals surface area contributed by atoms with Crippen molar-refractivity contribution in [3.63, 3.8) is 0 Å². The number of alkyl halides is 3. The maximum atomic E-state index is 5.75. The first-order valence-electron chi connectivity index (χ1n) is 6.55. The van der Waals surface area contributed by atoms with Crippen LogP contribution in [0.3, 0.4) is 0 Å². The van der Waals surface area contributed by atoms with Crippen molar-refractivity contribution in [2.75, 3.05) is 0 Å². The lowest BCUT2D eigenvalue weighted by Gasteiger charge is -2.09. The molecule has 1 heterocycles. The third-order valence-corrected chi connectivity index (χ3v) is 3.03. The fourth-order valence-corrected chi connectivity index (χ4v) is 1.90. The topological polar surface area (TPSA) is 47.9 Å². The Morgan fingerprint density at radius 3 is 2.32 bits per heavy atom. The van der Waals surface area contributed by atoms with Crippen LogP contribution in [0.1, 0.15) is 31.1 Å². The van der Waals surface area contributed by atoms with Gasteiger partial charge in [-0.2, -0.15) is 0 Å². The molecular weight excluding hydrogens is 345 g/mol. The monoisotopic (exact) mass is 357 g/mol. The summed E-state index contributed by atoms with van der Waals surface area (Å²) in [4.78, 5) is 11.9. The van der Waals surface area contributed by atoms with Gasteiger partial charge in [0.1, 0.15) is 12.1 Å². The second kappa shape index (κ2) is 7.27. The van der Waals surface area contributed by atoms with Gasteiger partial charge in [-0.15, -0.1) is 0 Å². The van der Waals surface area contributed by atoms with E-state index in [1.165, 1.54) is 6.33 Å². The molecule has 22 heavy (non-hydrogen) atoms. The van der Waals surface area contributed by atoms with Gasteiger partial charge in [0.15, 0.2) is 11.6 Å². The average Bonchev–Trinajstić information content (AvgIpc) is 2.45. The molecule has 0 bridgehead atoms. The summed E-state index contributed by atoms with van der Waals surface area (Å²) in [6.45, 7) is 3.97. The van der Waals surface area contributed by atoms with Gasteiger partial charge in [-0.3, -0.25) is 0 Å². The number of nitrogens with zero attached hydrogens (tertiary/aromatic N) is 3. The van der Waals surface area contributed by atoms with Gasteiger partial charge in [-0.25, -0.2) is 15.0 Å². The highest BCUT2D eigenvalue weighted by atomic mass is 35.6. The third-order valence-electron chi connectivity index (χ3n) is 2.52. The second-order valence-electron chi connectivity index (χ2n) is 4.73. The van der Waals surface area contributed by atoms with Gasteiger partial charge in [-0.1, -0.05) is 53.0 Å². The Kier molecular flexibility index (Phi) is 5.62. The van der Waals surface area contributed by atoms with Crippen molar-refractivity contribution < 1.29 is 4.74 Å². The summed E-state index contributed by atoms with van der Waals surface area (Å²) in [5.41, 5.74) is 0.979. The van der Waals surface area contributed by atoms with Crippen LogP contribution in [0.4, 0.5) is 0 Å². The van der Waals surface area contributed by atoms with Crippen LogP contribution in [-0.4, -0.2) is 21.1 Å². The molecule has 0 amide bonds. The van der Waals surface area contributed by atoms with E-state index >= 15 is 0 Å². The highest BCUT2D eigenvalue weighted by molar-refractivity contribution is 6.66. The minimum atomic E-state index is -1.67. The van der Waals surface area contributed by atoms with Crippen molar-refractivity contribution in [3.05, 3.63) is 47.8 Å². The van der Waals surface area contributed by atoms with Crippen molar-refractivity contribution in [1.82, 2.24) is 15.0 Å². The molecule has 2 aromatic rings. The summed E-state index contributed by atoms with van der Waals surface area (Å²) in [6.07, 6.45) is 5.03. The predicted molar refractivity (Wildman–Crippen MR) is 90.2 cm³/mol. The average molecular weight is 359 g/mol. The van der Waals surface area contributed by atoms with E-state index in [1.807, 2.05) is 44.2 Å². The molecule has 0 saturated carbocycles. The smallest absolute Gasteiger partial charge is 0.250 e. The number of aromatic nitrogens is 3. The number of rotatable bonds is 4. The largest absolute Gasteiger partial charge is 0.491 e. The van der Waals surface area contributed by atoms with Crippen LogP contribution in [0.2, 0.25) is 0 Å². The Labute approximate surface area is 144 Å². The van der Waals surface area contributed by atoms with Crippen molar-refractivity contribution >= 4 is 47.0 Å². The fourth-order valence-electron chi connectivity index (χ4n) is 1.63. The molecule has 7 heteroatoms. The van der Waals surface area contributed by atoms with Crippen molar-refractivity contribution in [1.29, 1.82) is 0 Å². The quantitative estimate of drug-likeness (QED) is 0.746. The van der Waals surface area contributed by atoms with Crippen molar-refractivity contribution in [3.8, 4) is 5.75 Å². The van der Waals surface area contributed by atoms with Crippen LogP contribution < -0.4 is 4.74 Å². The first-order valence-corrected chi connectivity index (χ1v) is 7.69. The summed E-state index contributed by atoms with van der Waals surface area (Å²) in [6, 6.07) is 7.68. The lowest BCUT2D eigenvalue weighted by Crippen LogP contribution is -2.08. The Morgan fingerprint density at radius 1 is 1.05 bits per heavy atom. The van der Waals surface area contributed by atoms with E-state index in [-0.39, 0.29) is 11.9 Å². The SMILES string of the molecule is CC(C)Oc1ccc(/C=C/c2ncnc(C(Cl)(Cl)Cl)n2)cc1. The first-order chi connectivity index (χ1) is 10.3. The zero-order valence-corrected chi connectivity index (χ0v) is 14.3. The van der Waals surface area contributed by atoms with Crippen molar-refractivity contribution in [2.24, 2.45) is 0 Å². The van der Waals surface area contributed by atoms with Gasteiger partial charge < -0.3 is 4.74 Å². The zero-order chi connectivity index (χ0) is 16.2. The van der Waals surface area contributed by atoms with E-state index in [2.05, 4.69) is 15.0 Å². The summed E-state index contributed by atoms with van der Waals surface area (Å²) < 4.78 is 3.92. The minimum Gasteiger partial charge on any atom is -0.491 e. The van der Waals surface area contributed by atoms with Crippen LogP contribution in [-0.2, 0) is 3.79 Å². The fraction of sp³-hybridized carbons (Fsp3) is 0.267. The second-order valence-corrected chi connectivity index (χ2v) is 7.02. The molecule has 0 aliphatic heterocycles. The maximum absolute atomic E-state index is 5.75. The Morgan fingerprint density at radius 2 is 1.73 bits per heavy atom. The highest BCUT2D eigenvalue weighted by Crippen LogP contribution is 2.35. The zero-order valence-electron chi connectivity index (χ0n) is 12.0. The van der Waals surface area contributed by atoms with Gasteiger partial charge in [0.2, 0.25) is 3.79 Å². The van der Waals surface area contributed by atoms with Gasteiger partial charge in [-0.05, 0) is 37.6 Å². The summed E-state index contributed by atoms with van der Waals surface area (Å²) >= 11 is 17.2. The molecule has 0 unspecified atom stereocenters. The lowest BCUT2D eigenvalue weighted by atomic mass is 10.2. The lowest BCUT2D eigenvalue weighted by molar-refractivity contribution is 0.242. The number of halogens is 3. The van der Waals surface area contributed by atoms with E-state index in [9.17, 15) is 0 Å². The number of hydrogen-bond acceptors (Lipinski definition) is 4. The minimum absolute atomic E-state index is 0.0906. The van der Waals surface area contributed by atoms with E-state index < -0.39 is 3.79 Å². The molecule has 0 N–H and O–H groups in total. The van der Waals surface area contributed by atoms with Crippen LogP contribution in [0.5, 0.6) is 5.75 Å². The van der Waals surface area contributed by atoms with E-state index in [0.717, 1.165) is 11.3 Å². The molecular formula is C15H14Cl3N3O. The van der Waals surface area contributed by atoms with E-state index in [1.54, 1.807) is 6.08 Å². The molecule has 0 aliphatic carbocycles. The van der Waals surface area contributed by atoms with Crippen LogP contribution >= 0.6 is 34.8 Å². The van der Waals surface area contributed by atoms with Crippen LogP contribution in [0, 0.1) is 0 Å². The van der Waals surface area contributed by atoms with Gasteiger partial charge >= 0.3 is 0 Å². The first kappa shape index (κ1) is 17.0. The molecule has 0 radical (unpaired) electrons.